The molecule has 2 heterocycles. The van der Waals surface area contributed by atoms with Crippen LogP contribution in [0.1, 0.15) is 18.3 Å². The van der Waals surface area contributed by atoms with Crippen molar-refractivity contribution in [3.05, 3.63) is 107 Å². The highest BCUT2D eigenvalue weighted by Gasteiger charge is 2.15. The van der Waals surface area contributed by atoms with Gasteiger partial charge in [-0.1, -0.05) is 48.0 Å². The first-order valence-electron chi connectivity index (χ1n) is 11.7. The quantitative estimate of drug-likeness (QED) is 0.231. The normalized spacial score (nSPS) is 10.9. The zero-order valence-electron chi connectivity index (χ0n) is 19.7. The number of nitrogens with zero attached hydrogens (tertiary/aromatic N) is 3. The smallest absolute Gasteiger partial charge is 0.311 e. The molecule has 7 heteroatoms. The van der Waals surface area contributed by atoms with Gasteiger partial charge in [-0.15, -0.1) is 0 Å². The van der Waals surface area contributed by atoms with Crippen LogP contribution in [0, 0.1) is 0 Å². The molecule has 36 heavy (non-hydrogen) atoms. The standard InChI is InChI=1S/C29H24ClN3O3/c1-2-35-29(34)18-24-17-28(21-7-10-22(30)11-8-21)33(32-24)25-13-15-26(16-14-25)36-19-23-12-9-20-5-3-4-6-27(20)31-23/h3-17H,2,18-19H2,1H3. The van der Waals surface area contributed by atoms with Gasteiger partial charge in [-0.2, -0.15) is 5.10 Å². The first-order chi connectivity index (χ1) is 17.6. The Balaban J connectivity index is 1.37. The van der Waals surface area contributed by atoms with Gasteiger partial charge in [0.1, 0.15) is 12.4 Å². The van der Waals surface area contributed by atoms with Crippen molar-refractivity contribution in [3.63, 3.8) is 0 Å². The van der Waals surface area contributed by atoms with Gasteiger partial charge in [-0.05, 0) is 61.5 Å². The molecule has 5 rings (SSSR count). The molecule has 6 nitrogen and oxygen atoms in total. The summed E-state index contributed by atoms with van der Waals surface area (Å²) in [6, 6.07) is 29.1. The summed E-state index contributed by atoms with van der Waals surface area (Å²) in [6.45, 7) is 2.49. The highest BCUT2D eigenvalue weighted by atomic mass is 35.5. The van der Waals surface area contributed by atoms with Crippen LogP contribution >= 0.6 is 11.6 Å². The van der Waals surface area contributed by atoms with E-state index in [1.54, 1.807) is 6.92 Å². The average molecular weight is 498 g/mol. The third kappa shape index (κ3) is 5.39. The van der Waals surface area contributed by atoms with Crippen molar-refractivity contribution in [2.45, 2.75) is 20.0 Å². The van der Waals surface area contributed by atoms with Gasteiger partial charge in [0.2, 0.25) is 0 Å². The van der Waals surface area contributed by atoms with Crippen molar-refractivity contribution >= 4 is 28.5 Å². The van der Waals surface area contributed by atoms with E-state index in [0.717, 1.165) is 39.3 Å². The van der Waals surface area contributed by atoms with E-state index in [9.17, 15) is 4.79 Å². The Bertz CT molecular complexity index is 1500. The minimum absolute atomic E-state index is 0.0986. The van der Waals surface area contributed by atoms with E-state index in [1.807, 2.05) is 95.7 Å². The largest absolute Gasteiger partial charge is 0.487 e. The van der Waals surface area contributed by atoms with E-state index < -0.39 is 0 Å². The lowest BCUT2D eigenvalue weighted by atomic mass is 10.1. The van der Waals surface area contributed by atoms with E-state index in [1.165, 1.54) is 0 Å². The molecule has 5 aromatic rings. The molecule has 0 aliphatic carbocycles. The van der Waals surface area contributed by atoms with Crippen molar-refractivity contribution in [2.24, 2.45) is 0 Å². The van der Waals surface area contributed by atoms with Gasteiger partial charge in [-0.25, -0.2) is 9.67 Å². The van der Waals surface area contributed by atoms with E-state index in [-0.39, 0.29) is 12.4 Å². The van der Waals surface area contributed by atoms with Crippen molar-refractivity contribution in [1.82, 2.24) is 14.8 Å². The van der Waals surface area contributed by atoms with Crippen LogP contribution in [0.5, 0.6) is 5.75 Å². The highest BCUT2D eigenvalue weighted by molar-refractivity contribution is 6.30. The van der Waals surface area contributed by atoms with Gasteiger partial charge >= 0.3 is 5.97 Å². The van der Waals surface area contributed by atoms with Gasteiger partial charge in [0.05, 0.1) is 41.3 Å². The highest BCUT2D eigenvalue weighted by Crippen LogP contribution is 2.27. The van der Waals surface area contributed by atoms with Crippen LogP contribution in [0.15, 0.2) is 91.0 Å². The van der Waals surface area contributed by atoms with Crippen molar-refractivity contribution in [1.29, 1.82) is 0 Å². The van der Waals surface area contributed by atoms with Crippen LogP contribution in [0.3, 0.4) is 0 Å². The first-order valence-corrected chi connectivity index (χ1v) is 12.1. The second-order valence-electron chi connectivity index (χ2n) is 8.20. The van der Waals surface area contributed by atoms with Gasteiger partial charge < -0.3 is 9.47 Å². The summed E-state index contributed by atoms with van der Waals surface area (Å²) >= 11 is 6.08. The number of benzene rings is 3. The Morgan fingerprint density at radius 3 is 2.47 bits per heavy atom. The lowest BCUT2D eigenvalue weighted by molar-refractivity contribution is -0.142. The minimum atomic E-state index is -0.309. The number of fused-ring (bicyclic) bond motifs is 1. The maximum atomic E-state index is 12.0. The Hall–Kier alpha value is -4.16. The number of hydrogen-bond acceptors (Lipinski definition) is 5. The number of aromatic nitrogens is 3. The van der Waals surface area contributed by atoms with Crippen LogP contribution in [0.4, 0.5) is 0 Å². The predicted molar refractivity (Wildman–Crippen MR) is 140 cm³/mol. The summed E-state index contributed by atoms with van der Waals surface area (Å²) in [5.41, 5.74) is 5.05. The average Bonchev–Trinajstić information content (AvgIpc) is 3.31. The zero-order valence-corrected chi connectivity index (χ0v) is 20.5. The SMILES string of the molecule is CCOC(=O)Cc1cc(-c2ccc(Cl)cc2)n(-c2ccc(OCc3ccc4ccccc4n3)cc2)n1. The predicted octanol–water partition coefficient (Wildman–Crippen LogP) is 6.43. The molecule has 0 aliphatic heterocycles. The van der Waals surface area contributed by atoms with Gasteiger partial charge in [0.15, 0.2) is 0 Å². The van der Waals surface area contributed by atoms with Crippen LogP contribution in [-0.4, -0.2) is 27.3 Å². The number of para-hydroxylation sites is 1. The van der Waals surface area contributed by atoms with E-state index in [2.05, 4.69) is 10.1 Å². The molecule has 0 spiro atoms. The molecule has 2 aromatic heterocycles. The second kappa shape index (κ2) is 10.6. The summed E-state index contributed by atoms with van der Waals surface area (Å²) in [7, 11) is 0. The molecule has 3 aromatic carbocycles. The first kappa shape index (κ1) is 23.6. The third-order valence-electron chi connectivity index (χ3n) is 5.65. The molecule has 0 saturated heterocycles. The summed E-state index contributed by atoms with van der Waals surface area (Å²) in [5, 5.41) is 6.44. The molecule has 180 valence electrons. The maximum Gasteiger partial charge on any atom is 0.311 e. The molecule has 0 radical (unpaired) electrons. The molecule has 0 aliphatic rings. The fourth-order valence-electron chi connectivity index (χ4n) is 3.93. The molecule has 0 fully saturated rings. The molecular formula is C29H24ClN3O3. The van der Waals surface area contributed by atoms with Crippen molar-refractivity contribution in [3.8, 4) is 22.7 Å². The molecule has 0 atom stereocenters. The molecule has 0 unspecified atom stereocenters. The Kier molecular flexibility index (Phi) is 6.96. The summed E-state index contributed by atoms with van der Waals surface area (Å²) in [5.74, 6) is 0.413. The Morgan fingerprint density at radius 1 is 0.917 bits per heavy atom. The lowest BCUT2D eigenvalue weighted by Crippen LogP contribution is -2.08. The van der Waals surface area contributed by atoms with Crippen LogP contribution < -0.4 is 4.74 Å². The molecule has 0 saturated carbocycles. The van der Waals surface area contributed by atoms with Gasteiger partial charge in [-0.3, -0.25) is 4.79 Å². The number of pyridine rings is 1. The Morgan fingerprint density at radius 2 is 1.69 bits per heavy atom. The van der Waals surface area contributed by atoms with E-state index in [0.29, 0.717) is 23.9 Å². The van der Waals surface area contributed by atoms with Crippen LogP contribution in [0.25, 0.3) is 27.8 Å². The minimum Gasteiger partial charge on any atom is -0.487 e. The molecular weight excluding hydrogens is 474 g/mol. The Labute approximate surface area is 214 Å². The topological polar surface area (TPSA) is 66.2 Å². The second-order valence-corrected chi connectivity index (χ2v) is 8.64. The van der Waals surface area contributed by atoms with Crippen LogP contribution in [0.2, 0.25) is 5.02 Å². The number of rotatable bonds is 8. The molecule has 0 N–H and O–H groups in total. The maximum absolute atomic E-state index is 12.0. The van der Waals surface area contributed by atoms with E-state index in [4.69, 9.17) is 21.1 Å². The summed E-state index contributed by atoms with van der Waals surface area (Å²) in [4.78, 5) is 16.7. The van der Waals surface area contributed by atoms with Crippen molar-refractivity contribution in [2.75, 3.05) is 6.61 Å². The monoisotopic (exact) mass is 497 g/mol. The number of carbonyl (C=O) groups is 1. The summed E-state index contributed by atoms with van der Waals surface area (Å²) in [6.07, 6.45) is 0.0986. The molecule has 0 amide bonds. The zero-order chi connectivity index (χ0) is 24.9. The lowest BCUT2D eigenvalue weighted by Gasteiger charge is -2.10. The summed E-state index contributed by atoms with van der Waals surface area (Å²) < 4.78 is 12.9. The molecule has 0 bridgehead atoms. The van der Waals surface area contributed by atoms with Gasteiger partial charge in [0.25, 0.3) is 0 Å². The van der Waals surface area contributed by atoms with Crippen LogP contribution in [-0.2, 0) is 22.6 Å². The van der Waals surface area contributed by atoms with Gasteiger partial charge in [0, 0.05) is 16.0 Å². The number of carbonyl (C=O) groups excluding carboxylic acids is 1. The fourth-order valence-corrected chi connectivity index (χ4v) is 4.05. The number of ether oxygens (including phenoxy) is 2. The van der Waals surface area contributed by atoms with E-state index >= 15 is 0 Å². The number of halogens is 1. The fraction of sp³-hybridized carbons (Fsp3) is 0.138. The number of esters is 1. The number of hydrogen-bond donors (Lipinski definition) is 0. The van der Waals surface area contributed by atoms with Crippen molar-refractivity contribution < 1.29 is 14.3 Å². The third-order valence-corrected chi connectivity index (χ3v) is 5.91.